The van der Waals surface area contributed by atoms with Crippen LogP contribution in [0.5, 0.6) is 0 Å². The lowest BCUT2D eigenvalue weighted by molar-refractivity contribution is -0.0582. The molecule has 33 heavy (non-hydrogen) atoms. The zero-order valence-electron chi connectivity index (χ0n) is 17.8. The largest absolute Gasteiger partial charge is 0.459 e. The molecule has 3 aromatic rings. The molecule has 1 fully saturated rings. The van der Waals surface area contributed by atoms with E-state index in [1.165, 1.54) is 16.3 Å². The van der Waals surface area contributed by atoms with Gasteiger partial charge in [0.15, 0.2) is 0 Å². The third-order valence-electron chi connectivity index (χ3n) is 5.16. The summed E-state index contributed by atoms with van der Waals surface area (Å²) in [7, 11) is 0. The summed E-state index contributed by atoms with van der Waals surface area (Å²) in [6, 6.07) is 18.8. The molecule has 1 aliphatic heterocycles. The number of carbonyl (C=O) groups excluding carboxylic acids is 2. The van der Waals surface area contributed by atoms with Crippen LogP contribution in [0.3, 0.4) is 0 Å². The Hall–Kier alpha value is -3.43. The number of nitrogens with zero attached hydrogens (tertiary/aromatic N) is 2. The lowest BCUT2D eigenvalue weighted by Gasteiger charge is -2.19. The fourth-order valence-corrected chi connectivity index (χ4v) is 3.84. The summed E-state index contributed by atoms with van der Waals surface area (Å²) >= 11 is 1.36. The smallest absolute Gasteiger partial charge is 0.350 e. The van der Waals surface area contributed by atoms with Gasteiger partial charge in [-0.1, -0.05) is 36.4 Å². The summed E-state index contributed by atoms with van der Waals surface area (Å²) in [6.45, 7) is -0.137. The maximum absolute atomic E-state index is 12.6. The van der Waals surface area contributed by atoms with E-state index in [0.29, 0.717) is 16.2 Å². The number of rotatable bonds is 7. The lowest BCUT2D eigenvalue weighted by atomic mass is 10.1. The van der Waals surface area contributed by atoms with Gasteiger partial charge < -0.3 is 14.2 Å². The van der Waals surface area contributed by atoms with Crippen molar-refractivity contribution in [1.82, 2.24) is 9.55 Å². The highest BCUT2D eigenvalue weighted by Gasteiger charge is 2.40. The SMILES string of the molecule is CSc1ccn([C@H]2C[C@H](OC(=O)c3ccccc3)[C@@H](COC(=O)c3ccccc3)O2)c(=O)n1. The van der Waals surface area contributed by atoms with Crippen LogP contribution in [-0.2, 0) is 14.2 Å². The normalized spacial score (nSPS) is 19.7. The number of carbonyl (C=O) groups is 2. The Balaban J connectivity index is 1.51. The van der Waals surface area contributed by atoms with Crippen LogP contribution in [0.1, 0.15) is 33.4 Å². The first-order chi connectivity index (χ1) is 16.0. The molecule has 1 aliphatic rings. The molecule has 2 heterocycles. The van der Waals surface area contributed by atoms with Gasteiger partial charge in [-0.05, 0) is 36.6 Å². The molecule has 4 rings (SSSR count). The van der Waals surface area contributed by atoms with Crippen LogP contribution in [0.4, 0.5) is 0 Å². The molecule has 0 aliphatic carbocycles. The van der Waals surface area contributed by atoms with Crippen molar-refractivity contribution in [3.8, 4) is 0 Å². The first-order valence-corrected chi connectivity index (χ1v) is 11.5. The predicted octanol–water partition coefficient (Wildman–Crippen LogP) is 3.34. The van der Waals surface area contributed by atoms with Crippen molar-refractivity contribution in [2.75, 3.05) is 12.9 Å². The molecule has 170 valence electrons. The van der Waals surface area contributed by atoms with E-state index in [4.69, 9.17) is 14.2 Å². The van der Waals surface area contributed by atoms with Crippen molar-refractivity contribution in [3.05, 3.63) is 94.5 Å². The van der Waals surface area contributed by atoms with Gasteiger partial charge in [-0.3, -0.25) is 4.57 Å². The molecule has 1 saturated heterocycles. The number of aromatic nitrogens is 2. The third-order valence-corrected chi connectivity index (χ3v) is 5.81. The average molecular weight is 467 g/mol. The van der Waals surface area contributed by atoms with E-state index in [1.54, 1.807) is 72.9 Å². The van der Waals surface area contributed by atoms with Gasteiger partial charge in [0.05, 0.1) is 11.1 Å². The highest BCUT2D eigenvalue weighted by Crippen LogP contribution is 2.31. The third kappa shape index (κ3) is 5.50. The Morgan fingerprint density at radius 1 is 1.03 bits per heavy atom. The minimum absolute atomic E-state index is 0.137. The average Bonchev–Trinajstić information content (AvgIpc) is 3.25. The summed E-state index contributed by atoms with van der Waals surface area (Å²) in [6.07, 6.45) is 1.46. The van der Waals surface area contributed by atoms with Crippen molar-refractivity contribution in [2.24, 2.45) is 0 Å². The van der Waals surface area contributed by atoms with E-state index in [9.17, 15) is 14.4 Å². The molecule has 0 radical (unpaired) electrons. The van der Waals surface area contributed by atoms with Crippen molar-refractivity contribution in [1.29, 1.82) is 0 Å². The standard InChI is InChI=1S/C24H22N2O6S/c1-33-20-12-13-26(24(29)25-20)21-14-18(32-23(28)17-10-6-3-7-11-17)19(31-21)15-30-22(27)16-8-4-2-5-9-16/h2-13,18-19,21H,14-15H2,1H3/t18-,19+,21+/m0/s1. The number of thioether (sulfide) groups is 1. The van der Waals surface area contributed by atoms with E-state index in [2.05, 4.69) is 4.98 Å². The molecule has 0 N–H and O–H groups in total. The van der Waals surface area contributed by atoms with Gasteiger partial charge in [0.2, 0.25) is 0 Å². The second-order valence-corrected chi connectivity index (χ2v) is 8.13. The van der Waals surface area contributed by atoms with Gasteiger partial charge >= 0.3 is 17.6 Å². The van der Waals surface area contributed by atoms with Crippen molar-refractivity contribution >= 4 is 23.7 Å². The van der Waals surface area contributed by atoms with Crippen molar-refractivity contribution in [3.63, 3.8) is 0 Å². The van der Waals surface area contributed by atoms with Crippen LogP contribution in [0.15, 0.2) is 82.7 Å². The van der Waals surface area contributed by atoms with E-state index < -0.39 is 36.1 Å². The minimum Gasteiger partial charge on any atom is -0.459 e. The molecule has 2 aromatic carbocycles. The Morgan fingerprint density at radius 2 is 1.67 bits per heavy atom. The molecule has 0 unspecified atom stereocenters. The molecular weight excluding hydrogens is 444 g/mol. The summed E-state index contributed by atoms with van der Waals surface area (Å²) in [5.74, 6) is -1.04. The fraction of sp³-hybridized carbons (Fsp3) is 0.250. The van der Waals surface area contributed by atoms with Crippen LogP contribution in [0.2, 0.25) is 0 Å². The van der Waals surface area contributed by atoms with E-state index in [-0.39, 0.29) is 13.0 Å². The van der Waals surface area contributed by atoms with Gasteiger partial charge in [-0.2, -0.15) is 4.98 Å². The zero-order valence-corrected chi connectivity index (χ0v) is 18.6. The second-order valence-electron chi connectivity index (χ2n) is 7.30. The maximum Gasteiger partial charge on any atom is 0.350 e. The molecule has 0 spiro atoms. The predicted molar refractivity (Wildman–Crippen MR) is 121 cm³/mol. The van der Waals surface area contributed by atoms with E-state index in [0.717, 1.165) is 0 Å². The molecule has 1 aromatic heterocycles. The Bertz CT molecular complexity index is 1170. The van der Waals surface area contributed by atoms with Gasteiger partial charge in [0, 0.05) is 12.6 Å². The van der Waals surface area contributed by atoms with Crippen LogP contribution in [0, 0.1) is 0 Å². The fourth-order valence-electron chi connectivity index (χ4n) is 3.47. The van der Waals surface area contributed by atoms with Gasteiger partial charge in [0.1, 0.15) is 30.1 Å². The Morgan fingerprint density at radius 3 is 2.27 bits per heavy atom. The summed E-state index contributed by atoms with van der Waals surface area (Å²) < 4.78 is 18.5. The topological polar surface area (TPSA) is 96.7 Å². The first-order valence-electron chi connectivity index (χ1n) is 10.3. The first kappa shape index (κ1) is 22.8. The number of esters is 2. The molecule has 9 heteroatoms. The highest BCUT2D eigenvalue weighted by molar-refractivity contribution is 7.98. The lowest BCUT2D eigenvalue weighted by Crippen LogP contribution is -2.32. The van der Waals surface area contributed by atoms with Crippen LogP contribution in [0.25, 0.3) is 0 Å². The van der Waals surface area contributed by atoms with E-state index >= 15 is 0 Å². The quantitative estimate of drug-likeness (QED) is 0.297. The van der Waals surface area contributed by atoms with Gasteiger partial charge in [-0.15, -0.1) is 11.8 Å². The number of benzene rings is 2. The van der Waals surface area contributed by atoms with Crippen LogP contribution < -0.4 is 5.69 Å². The molecule has 0 saturated carbocycles. The Labute approximate surface area is 194 Å². The summed E-state index contributed by atoms with van der Waals surface area (Å²) in [4.78, 5) is 41.5. The molecular formula is C24H22N2O6S. The molecule has 3 atom stereocenters. The number of hydrogen-bond donors (Lipinski definition) is 0. The number of ether oxygens (including phenoxy) is 3. The van der Waals surface area contributed by atoms with Gasteiger partial charge in [-0.25, -0.2) is 14.4 Å². The highest BCUT2D eigenvalue weighted by atomic mass is 32.2. The van der Waals surface area contributed by atoms with Crippen molar-refractivity contribution < 1.29 is 23.8 Å². The maximum atomic E-state index is 12.6. The van der Waals surface area contributed by atoms with E-state index in [1.807, 2.05) is 6.26 Å². The summed E-state index contributed by atoms with van der Waals surface area (Å²) in [5, 5.41) is 0.592. The second kappa shape index (κ2) is 10.5. The summed E-state index contributed by atoms with van der Waals surface area (Å²) in [5.41, 5.74) is 0.323. The van der Waals surface area contributed by atoms with Crippen molar-refractivity contribution in [2.45, 2.75) is 29.9 Å². The number of hydrogen-bond acceptors (Lipinski definition) is 8. The molecule has 0 bridgehead atoms. The minimum atomic E-state index is -0.748. The molecule has 0 amide bonds. The Kier molecular flexibility index (Phi) is 7.21. The van der Waals surface area contributed by atoms with Crippen LogP contribution >= 0.6 is 11.8 Å². The zero-order chi connectivity index (χ0) is 23.2. The van der Waals surface area contributed by atoms with Crippen LogP contribution in [-0.4, -0.2) is 46.6 Å². The monoisotopic (exact) mass is 466 g/mol. The molecule has 8 nitrogen and oxygen atoms in total. The van der Waals surface area contributed by atoms with Gasteiger partial charge in [0.25, 0.3) is 0 Å².